The maximum atomic E-state index is 10.6. The molecule has 0 aromatic heterocycles. The number of benzene rings is 1. The predicted octanol–water partition coefficient (Wildman–Crippen LogP) is 2.71. The van der Waals surface area contributed by atoms with E-state index in [4.69, 9.17) is 0 Å². The predicted molar refractivity (Wildman–Crippen MR) is 63.2 cm³/mol. The van der Waals surface area contributed by atoms with Crippen molar-refractivity contribution in [3.05, 3.63) is 33.9 Å². The zero-order valence-corrected chi connectivity index (χ0v) is 9.99. The summed E-state index contributed by atoms with van der Waals surface area (Å²) in [5.41, 5.74) is 0.710. The van der Waals surface area contributed by atoms with Crippen LogP contribution in [0.2, 0.25) is 0 Å². The normalized spacial score (nSPS) is 11.4. The lowest BCUT2D eigenvalue weighted by molar-refractivity contribution is -0.384. The summed E-state index contributed by atoms with van der Waals surface area (Å²) in [6.45, 7) is 6.39. The molecule has 0 atom stereocenters. The lowest BCUT2D eigenvalue weighted by Crippen LogP contribution is -1.94. The highest BCUT2D eigenvalue weighted by Crippen LogP contribution is 2.51. The molecule has 15 heavy (non-hydrogen) atoms. The summed E-state index contributed by atoms with van der Waals surface area (Å²) in [7, 11) is -1.10. The third kappa shape index (κ3) is 3.48. The molecule has 1 rings (SSSR count). The number of non-ortho nitro benzene ring substituents is 1. The second-order valence-electron chi connectivity index (χ2n) is 4.52. The zero-order valence-electron chi connectivity index (χ0n) is 9.10. The Kier molecular flexibility index (Phi) is 3.30. The van der Waals surface area contributed by atoms with Gasteiger partial charge in [-0.1, -0.05) is 0 Å². The van der Waals surface area contributed by atoms with Crippen molar-refractivity contribution in [2.75, 3.05) is 20.0 Å². The molecule has 0 fully saturated rings. The number of hydrogen-bond donors (Lipinski definition) is 1. The zero-order chi connectivity index (χ0) is 11.6. The Morgan fingerprint density at radius 3 is 2.47 bits per heavy atom. The molecule has 0 aliphatic carbocycles. The Balaban J connectivity index is 3.06. The van der Waals surface area contributed by atoms with Crippen LogP contribution in [-0.4, -0.2) is 30.0 Å². The maximum absolute atomic E-state index is 10.6. The first kappa shape index (κ1) is 11.9. The molecular weight excluding hydrogens is 213 g/mol. The number of rotatable bonds is 3. The number of nitro groups is 1. The van der Waals surface area contributed by atoms with E-state index in [0.29, 0.717) is 5.56 Å². The van der Waals surface area contributed by atoms with Crippen molar-refractivity contribution in [2.45, 2.75) is 6.16 Å². The number of phenolic OH excluding ortho intramolecular Hbond substituents is 1. The molecule has 0 aliphatic rings. The molecule has 0 bridgehead atoms. The minimum absolute atomic E-state index is 0.0382. The maximum Gasteiger partial charge on any atom is 0.270 e. The van der Waals surface area contributed by atoms with E-state index in [1.54, 1.807) is 0 Å². The van der Waals surface area contributed by atoms with Gasteiger partial charge in [0, 0.05) is 45.0 Å². The van der Waals surface area contributed by atoms with E-state index in [9.17, 15) is 15.2 Å². The number of phenols is 1. The van der Waals surface area contributed by atoms with Crippen LogP contribution in [0.15, 0.2) is 18.2 Å². The summed E-state index contributed by atoms with van der Waals surface area (Å²) in [4.78, 5) is 10.1. The molecule has 1 aromatic carbocycles. The van der Waals surface area contributed by atoms with Gasteiger partial charge in [-0.2, -0.15) is 0 Å². The Morgan fingerprint density at radius 2 is 2.00 bits per heavy atom. The summed E-state index contributed by atoms with van der Waals surface area (Å²) in [6.07, 6.45) is 0.723. The van der Waals surface area contributed by atoms with Crippen LogP contribution >= 0.6 is 7.26 Å². The largest absolute Gasteiger partial charge is 0.508 e. The van der Waals surface area contributed by atoms with Crippen molar-refractivity contribution in [1.29, 1.82) is 0 Å². The van der Waals surface area contributed by atoms with Gasteiger partial charge < -0.3 is 5.11 Å². The van der Waals surface area contributed by atoms with E-state index in [2.05, 4.69) is 20.0 Å². The van der Waals surface area contributed by atoms with Crippen LogP contribution in [0.4, 0.5) is 5.69 Å². The van der Waals surface area contributed by atoms with Crippen LogP contribution < -0.4 is 0 Å². The quantitative estimate of drug-likeness (QED) is 0.491. The van der Waals surface area contributed by atoms with Gasteiger partial charge in [-0.3, -0.25) is 10.1 Å². The molecule has 5 heteroatoms. The molecule has 0 saturated heterocycles. The van der Waals surface area contributed by atoms with Gasteiger partial charge in [-0.15, -0.1) is 0 Å². The molecule has 0 saturated carbocycles. The monoisotopic (exact) mass is 228 g/mol. The topological polar surface area (TPSA) is 63.4 Å². The highest BCUT2D eigenvalue weighted by molar-refractivity contribution is 7.73. The minimum Gasteiger partial charge on any atom is -0.508 e. The van der Waals surface area contributed by atoms with Gasteiger partial charge in [0.05, 0.1) is 11.1 Å². The van der Waals surface area contributed by atoms with Crippen LogP contribution in [-0.2, 0) is 6.16 Å². The number of aromatic hydroxyl groups is 1. The average Bonchev–Trinajstić information content (AvgIpc) is 2.06. The highest BCUT2D eigenvalue weighted by Gasteiger charge is 2.21. The first-order valence-electron chi connectivity index (χ1n) is 4.56. The van der Waals surface area contributed by atoms with Crippen molar-refractivity contribution in [2.24, 2.45) is 0 Å². The Bertz CT molecular complexity index is 385. The third-order valence-corrected chi connectivity index (χ3v) is 3.21. The van der Waals surface area contributed by atoms with Crippen molar-refractivity contribution in [1.82, 2.24) is 0 Å². The summed E-state index contributed by atoms with van der Waals surface area (Å²) >= 11 is 0. The van der Waals surface area contributed by atoms with E-state index in [1.165, 1.54) is 18.2 Å². The van der Waals surface area contributed by atoms with Gasteiger partial charge in [-0.05, 0) is 6.07 Å². The third-order valence-electron chi connectivity index (χ3n) is 1.92. The fourth-order valence-electron chi connectivity index (χ4n) is 1.32. The standard InChI is InChI=1S/C10H14NO3P/c1-15(2,3)7-8-6-9(11(13)14)4-5-10(8)12/h4-6H,7H2,1-3H3/p+1. The SMILES string of the molecule is C[P+](C)(C)Cc1cc([N+](=O)[O-])ccc1O. The average molecular weight is 228 g/mol. The van der Waals surface area contributed by atoms with Crippen LogP contribution in [0, 0.1) is 10.1 Å². The van der Waals surface area contributed by atoms with E-state index in [0.717, 1.165) is 6.16 Å². The van der Waals surface area contributed by atoms with E-state index < -0.39 is 12.2 Å². The number of nitro benzene ring substituents is 1. The Hall–Kier alpha value is -1.15. The van der Waals surface area contributed by atoms with Crippen molar-refractivity contribution < 1.29 is 10.0 Å². The van der Waals surface area contributed by atoms with E-state index in [1.807, 2.05) is 0 Å². The van der Waals surface area contributed by atoms with Gasteiger partial charge in [-0.25, -0.2) is 0 Å². The molecule has 1 N–H and O–H groups in total. The molecule has 1 aromatic rings. The molecule has 0 heterocycles. The number of hydrogen-bond acceptors (Lipinski definition) is 3. The first-order chi connectivity index (χ1) is 6.79. The number of nitrogens with zero attached hydrogens (tertiary/aromatic N) is 1. The van der Waals surface area contributed by atoms with Crippen molar-refractivity contribution in [3.8, 4) is 5.75 Å². The van der Waals surface area contributed by atoms with Gasteiger partial charge in [0.1, 0.15) is 5.75 Å². The molecule has 82 valence electrons. The summed E-state index contributed by atoms with van der Waals surface area (Å²) in [6, 6.07) is 4.17. The second-order valence-corrected chi connectivity index (χ2v) is 9.42. The molecule has 0 radical (unpaired) electrons. The first-order valence-corrected chi connectivity index (χ1v) is 7.88. The molecular formula is C10H15NO3P+. The molecule has 0 aliphatic heterocycles. The van der Waals surface area contributed by atoms with Crippen molar-refractivity contribution >= 4 is 12.9 Å². The second kappa shape index (κ2) is 4.15. The van der Waals surface area contributed by atoms with Gasteiger partial charge in [0.25, 0.3) is 5.69 Å². The summed E-state index contributed by atoms with van der Waals surface area (Å²) < 4.78 is 0. The summed E-state index contributed by atoms with van der Waals surface area (Å²) in [5, 5.41) is 20.1. The van der Waals surface area contributed by atoms with Crippen LogP contribution in [0.1, 0.15) is 5.56 Å². The van der Waals surface area contributed by atoms with Crippen LogP contribution in [0.25, 0.3) is 0 Å². The Morgan fingerprint density at radius 1 is 1.40 bits per heavy atom. The highest BCUT2D eigenvalue weighted by atomic mass is 31.2. The fraction of sp³-hybridized carbons (Fsp3) is 0.400. The van der Waals surface area contributed by atoms with E-state index in [-0.39, 0.29) is 11.4 Å². The van der Waals surface area contributed by atoms with E-state index >= 15 is 0 Å². The van der Waals surface area contributed by atoms with Gasteiger partial charge in [0.2, 0.25) is 0 Å². The molecule has 0 spiro atoms. The smallest absolute Gasteiger partial charge is 0.270 e. The van der Waals surface area contributed by atoms with Crippen molar-refractivity contribution in [3.63, 3.8) is 0 Å². The molecule has 0 unspecified atom stereocenters. The van der Waals surface area contributed by atoms with Gasteiger partial charge in [0.15, 0.2) is 0 Å². The summed E-state index contributed by atoms with van der Waals surface area (Å²) in [5.74, 6) is 0.149. The van der Waals surface area contributed by atoms with Crippen LogP contribution in [0.3, 0.4) is 0 Å². The van der Waals surface area contributed by atoms with Crippen LogP contribution in [0.5, 0.6) is 5.75 Å². The Labute approximate surface area is 89.4 Å². The lowest BCUT2D eigenvalue weighted by atomic mass is 10.2. The molecule has 0 amide bonds. The van der Waals surface area contributed by atoms with Gasteiger partial charge >= 0.3 is 0 Å². The molecule has 4 nitrogen and oxygen atoms in total. The lowest BCUT2D eigenvalue weighted by Gasteiger charge is -2.12. The minimum atomic E-state index is -1.10. The fourth-order valence-corrected chi connectivity index (χ4v) is 2.60.